The third kappa shape index (κ3) is 4.90. The van der Waals surface area contributed by atoms with Crippen LogP contribution in [0.4, 0.5) is 10.5 Å². The summed E-state index contributed by atoms with van der Waals surface area (Å²) < 4.78 is 16.6. The Morgan fingerprint density at radius 1 is 1.06 bits per heavy atom. The lowest BCUT2D eigenvalue weighted by Crippen LogP contribution is -2.32. The zero-order chi connectivity index (χ0) is 23.4. The van der Waals surface area contributed by atoms with E-state index < -0.39 is 16.1 Å². The van der Waals surface area contributed by atoms with E-state index in [1.165, 1.54) is 25.3 Å². The van der Waals surface area contributed by atoms with E-state index in [2.05, 4.69) is 0 Å². The molecule has 168 valence electrons. The van der Waals surface area contributed by atoms with Crippen molar-refractivity contribution in [3.05, 3.63) is 81.4 Å². The van der Waals surface area contributed by atoms with Crippen molar-refractivity contribution in [2.24, 2.45) is 0 Å². The second kappa shape index (κ2) is 9.61. The molecule has 0 unspecified atom stereocenters. The van der Waals surface area contributed by atoms with Gasteiger partial charge < -0.3 is 13.9 Å². The Hall–Kier alpha value is -4.05. The summed E-state index contributed by atoms with van der Waals surface area (Å²) in [5.74, 6) is 1.53. The molecule has 0 radical (unpaired) electrons. The van der Waals surface area contributed by atoms with Gasteiger partial charge in [0, 0.05) is 23.8 Å². The first-order chi connectivity index (χ1) is 16.0. The average Bonchev–Trinajstić information content (AvgIpc) is 3.39. The van der Waals surface area contributed by atoms with Crippen molar-refractivity contribution in [3.63, 3.8) is 0 Å². The number of amides is 2. The number of hydrogen-bond acceptors (Lipinski definition) is 8. The minimum absolute atomic E-state index is 0.0195. The van der Waals surface area contributed by atoms with Crippen LogP contribution in [0.1, 0.15) is 5.76 Å². The predicted octanol–water partition coefficient (Wildman–Crippen LogP) is 4.98. The van der Waals surface area contributed by atoms with Crippen molar-refractivity contribution in [2.75, 3.05) is 20.3 Å². The van der Waals surface area contributed by atoms with Crippen LogP contribution in [0.5, 0.6) is 11.5 Å². The molecule has 2 amide bonds. The summed E-state index contributed by atoms with van der Waals surface area (Å²) in [5.41, 5.74) is 0.635. The number of nitro benzene ring substituents is 1. The maximum atomic E-state index is 12.7. The van der Waals surface area contributed by atoms with Crippen LogP contribution < -0.4 is 9.47 Å². The minimum atomic E-state index is -0.477. The number of carbonyl (C=O) groups is 2. The first-order valence-corrected chi connectivity index (χ1v) is 10.6. The minimum Gasteiger partial charge on any atom is -0.493 e. The average molecular weight is 466 g/mol. The molecule has 3 aromatic rings. The maximum Gasteiger partial charge on any atom is 0.293 e. The summed E-state index contributed by atoms with van der Waals surface area (Å²) in [7, 11) is 1.53. The van der Waals surface area contributed by atoms with Gasteiger partial charge >= 0.3 is 0 Å². The van der Waals surface area contributed by atoms with Gasteiger partial charge in [0.25, 0.3) is 16.8 Å². The molecule has 0 saturated carbocycles. The molecule has 1 fully saturated rings. The monoisotopic (exact) mass is 466 g/mol. The van der Waals surface area contributed by atoms with Crippen LogP contribution in [0.2, 0.25) is 0 Å². The van der Waals surface area contributed by atoms with Crippen molar-refractivity contribution in [2.45, 2.75) is 0 Å². The molecule has 0 aliphatic carbocycles. The Morgan fingerprint density at radius 3 is 2.48 bits per heavy atom. The smallest absolute Gasteiger partial charge is 0.293 e. The number of benzene rings is 2. The lowest BCUT2D eigenvalue weighted by Gasteiger charge is -2.14. The predicted molar refractivity (Wildman–Crippen MR) is 122 cm³/mol. The van der Waals surface area contributed by atoms with E-state index in [0.29, 0.717) is 28.6 Å². The summed E-state index contributed by atoms with van der Waals surface area (Å²) in [6.45, 7) is 0.211. The molecular weight excluding hydrogens is 448 g/mol. The van der Waals surface area contributed by atoms with Crippen LogP contribution in [0, 0.1) is 10.1 Å². The topological polar surface area (TPSA) is 112 Å². The van der Waals surface area contributed by atoms with E-state index in [9.17, 15) is 19.7 Å². The van der Waals surface area contributed by atoms with Crippen molar-refractivity contribution in [1.29, 1.82) is 0 Å². The zero-order valence-electron chi connectivity index (χ0n) is 17.4. The Kier molecular flexibility index (Phi) is 6.45. The van der Waals surface area contributed by atoms with Gasteiger partial charge in [0.2, 0.25) is 0 Å². The van der Waals surface area contributed by atoms with Gasteiger partial charge in [0.1, 0.15) is 18.1 Å². The lowest BCUT2D eigenvalue weighted by molar-refractivity contribution is -0.384. The van der Waals surface area contributed by atoms with Crippen LogP contribution in [0.25, 0.3) is 17.4 Å². The van der Waals surface area contributed by atoms with E-state index in [-0.39, 0.29) is 23.7 Å². The maximum absolute atomic E-state index is 12.7. The summed E-state index contributed by atoms with van der Waals surface area (Å²) in [4.78, 5) is 36.7. The van der Waals surface area contributed by atoms with Crippen LogP contribution in [0.3, 0.4) is 0 Å². The number of para-hydroxylation sites is 2. The van der Waals surface area contributed by atoms with Crippen LogP contribution >= 0.6 is 11.8 Å². The van der Waals surface area contributed by atoms with Gasteiger partial charge in [0.15, 0.2) is 11.5 Å². The number of rotatable bonds is 8. The highest BCUT2D eigenvalue weighted by Crippen LogP contribution is 2.34. The normalized spacial score (nSPS) is 14.7. The van der Waals surface area contributed by atoms with Crippen molar-refractivity contribution >= 4 is 34.7 Å². The molecule has 0 N–H and O–H groups in total. The summed E-state index contributed by atoms with van der Waals surface area (Å²) in [5, 5.41) is 10.4. The van der Waals surface area contributed by atoms with Crippen LogP contribution in [0.15, 0.2) is 70.0 Å². The van der Waals surface area contributed by atoms with Gasteiger partial charge in [-0.1, -0.05) is 12.1 Å². The Morgan fingerprint density at radius 2 is 1.79 bits per heavy atom. The van der Waals surface area contributed by atoms with Gasteiger partial charge in [-0.15, -0.1) is 0 Å². The Bertz CT molecular complexity index is 1230. The standard InChI is InChI=1S/C23H18N2O7S/c1-30-19-4-2-3-5-20(19)31-13-12-24-22(26)21(33-23(24)27)14-17-10-11-18(32-17)15-6-8-16(9-7-15)25(28)29/h2-11,14H,12-13H2,1H3/b21-14-. The molecule has 1 saturated heterocycles. The molecule has 1 aliphatic rings. The number of imide groups is 1. The molecule has 0 atom stereocenters. The molecule has 1 aliphatic heterocycles. The van der Waals surface area contributed by atoms with Gasteiger partial charge in [-0.25, -0.2) is 0 Å². The summed E-state index contributed by atoms with van der Waals surface area (Å²) in [6, 6.07) is 16.4. The first-order valence-electron chi connectivity index (χ1n) is 9.82. The largest absolute Gasteiger partial charge is 0.493 e. The molecule has 2 aromatic carbocycles. The zero-order valence-corrected chi connectivity index (χ0v) is 18.2. The van der Waals surface area contributed by atoms with E-state index in [4.69, 9.17) is 13.9 Å². The highest BCUT2D eigenvalue weighted by Gasteiger charge is 2.35. The molecule has 1 aromatic heterocycles. The quantitative estimate of drug-likeness (QED) is 0.260. The Labute approximate surface area is 192 Å². The molecule has 10 heteroatoms. The fourth-order valence-electron chi connectivity index (χ4n) is 3.14. The number of nitro groups is 1. The fourth-order valence-corrected chi connectivity index (χ4v) is 3.98. The Balaban J connectivity index is 1.41. The van der Waals surface area contributed by atoms with Gasteiger partial charge in [-0.05, 0) is 48.2 Å². The van der Waals surface area contributed by atoms with E-state index in [1.54, 1.807) is 42.5 Å². The van der Waals surface area contributed by atoms with Crippen molar-refractivity contribution in [3.8, 4) is 22.8 Å². The number of hydrogen-bond donors (Lipinski definition) is 0. The van der Waals surface area contributed by atoms with E-state index in [0.717, 1.165) is 16.7 Å². The van der Waals surface area contributed by atoms with E-state index >= 15 is 0 Å². The molecule has 33 heavy (non-hydrogen) atoms. The van der Waals surface area contributed by atoms with Gasteiger partial charge in [-0.2, -0.15) is 0 Å². The summed E-state index contributed by atoms with van der Waals surface area (Å²) >= 11 is 0.824. The number of ether oxygens (including phenoxy) is 2. The molecule has 0 spiro atoms. The highest BCUT2D eigenvalue weighted by atomic mass is 32.2. The molecule has 0 bridgehead atoms. The first kappa shape index (κ1) is 22.2. The number of furan rings is 1. The second-order valence-corrected chi connectivity index (χ2v) is 7.83. The van der Waals surface area contributed by atoms with Crippen LogP contribution in [-0.2, 0) is 4.79 Å². The molecule has 9 nitrogen and oxygen atoms in total. The van der Waals surface area contributed by atoms with E-state index in [1.807, 2.05) is 6.07 Å². The third-order valence-corrected chi connectivity index (χ3v) is 5.69. The van der Waals surface area contributed by atoms with Crippen molar-refractivity contribution < 1.29 is 28.4 Å². The fraction of sp³-hybridized carbons (Fsp3) is 0.130. The summed E-state index contributed by atoms with van der Waals surface area (Å²) in [6.07, 6.45) is 1.50. The molecular formula is C23H18N2O7S. The van der Waals surface area contributed by atoms with Crippen LogP contribution in [-0.4, -0.2) is 41.2 Å². The van der Waals surface area contributed by atoms with Crippen molar-refractivity contribution in [1.82, 2.24) is 4.90 Å². The lowest BCUT2D eigenvalue weighted by atomic mass is 10.1. The highest BCUT2D eigenvalue weighted by molar-refractivity contribution is 8.18. The second-order valence-electron chi connectivity index (χ2n) is 6.84. The third-order valence-electron chi connectivity index (χ3n) is 4.78. The number of carbonyl (C=O) groups excluding carboxylic acids is 2. The SMILES string of the molecule is COc1ccccc1OCCN1C(=O)S/C(=C\c2ccc(-c3ccc([N+](=O)[O-])cc3)o2)C1=O. The molecule has 2 heterocycles. The number of nitrogens with zero attached hydrogens (tertiary/aromatic N) is 2. The number of thioether (sulfide) groups is 1. The molecule has 4 rings (SSSR count). The van der Waals surface area contributed by atoms with Gasteiger partial charge in [0.05, 0.1) is 23.5 Å². The number of methoxy groups -OCH3 is 1. The number of non-ortho nitro benzene ring substituents is 1. The van der Waals surface area contributed by atoms with Gasteiger partial charge in [-0.3, -0.25) is 24.6 Å².